The number of hydrogen-bond donors (Lipinski definition) is 1. The van der Waals surface area contributed by atoms with E-state index in [4.69, 9.17) is 4.74 Å². The smallest absolute Gasteiger partial charge is 0.410 e. The van der Waals surface area contributed by atoms with E-state index < -0.39 is 5.60 Å². The summed E-state index contributed by atoms with van der Waals surface area (Å²) in [6, 6.07) is 14.5. The molecule has 3 aromatic heterocycles. The molecule has 0 bridgehead atoms. The standard InChI is InChI=1S/C26H30BrN5O2S/c1-16(28-24-21-13-19(27)15-32(21)30-17(2)29-24)22-11-12-23(35-22)20-10-8-7-9-18(20)14-31(6)25(33)34-26(3,4)5/h7-13,15-16H,14H2,1-6H3,(H,28,29,30). The third kappa shape index (κ3) is 6.02. The van der Waals surface area contributed by atoms with Crippen LogP contribution in [0.2, 0.25) is 0 Å². The van der Waals surface area contributed by atoms with Crippen molar-refractivity contribution in [3.8, 4) is 10.4 Å². The van der Waals surface area contributed by atoms with Crippen molar-refractivity contribution in [3.63, 3.8) is 0 Å². The van der Waals surface area contributed by atoms with E-state index in [-0.39, 0.29) is 12.1 Å². The Kier molecular flexibility index (Phi) is 7.19. The van der Waals surface area contributed by atoms with Gasteiger partial charge in [0.2, 0.25) is 0 Å². The van der Waals surface area contributed by atoms with Crippen LogP contribution in [-0.2, 0) is 11.3 Å². The fraction of sp³-hybridized carbons (Fsp3) is 0.346. The molecule has 4 rings (SSSR count). The molecule has 1 aromatic carbocycles. The van der Waals surface area contributed by atoms with Crippen LogP contribution in [0.3, 0.4) is 0 Å². The van der Waals surface area contributed by atoms with Crippen LogP contribution < -0.4 is 5.32 Å². The van der Waals surface area contributed by atoms with Crippen molar-refractivity contribution >= 4 is 44.7 Å². The Morgan fingerprint density at radius 2 is 2.00 bits per heavy atom. The van der Waals surface area contributed by atoms with E-state index in [1.165, 1.54) is 4.88 Å². The molecule has 4 aromatic rings. The molecule has 0 saturated heterocycles. The molecule has 1 amide bonds. The van der Waals surface area contributed by atoms with Crippen LogP contribution in [0, 0.1) is 6.92 Å². The largest absolute Gasteiger partial charge is 0.444 e. The molecule has 7 nitrogen and oxygen atoms in total. The number of anilines is 1. The van der Waals surface area contributed by atoms with Crippen molar-refractivity contribution in [2.45, 2.75) is 52.8 Å². The lowest BCUT2D eigenvalue weighted by Gasteiger charge is -2.25. The number of nitrogens with zero attached hydrogens (tertiary/aromatic N) is 4. The van der Waals surface area contributed by atoms with Crippen LogP contribution in [0.5, 0.6) is 0 Å². The number of aromatic nitrogens is 3. The van der Waals surface area contributed by atoms with Gasteiger partial charge in [-0.1, -0.05) is 24.3 Å². The number of hydrogen-bond acceptors (Lipinski definition) is 6. The lowest BCUT2D eigenvalue weighted by atomic mass is 10.1. The molecular formula is C26H30BrN5O2S. The van der Waals surface area contributed by atoms with Crippen molar-refractivity contribution in [3.05, 3.63) is 69.4 Å². The third-order valence-corrected chi connectivity index (χ3v) is 7.07. The molecule has 3 heterocycles. The van der Waals surface area contributed by atoms with Gasteiger partial charge in [0.25, 0.3) is 0 Å². The molecular weight excluding hydrogens is 526 g/mol. The molecule has 1 atom stereocenters. The van der Waals surface area contributed by atoms with Gasteiger partial charge in [-0.2, -0.15) is 5.10 Å². The van der Waals surface area contributed by atoms with Crippen molar-refractivity contribution in [1.82, 2.24) is 19.5 Å². The van der Waals surface area contributed by atoms with E-state index in [0.717, 1.165) is 31.8 Å². The highest BCUT2D eigenvalue weighted by Crippen LogP contribution is 2.35. The Bertz CT molecular complexity index is 1360. The molecule has 184 valence electrons. The van der Waals surface area contributed by atoms with Gasteiger partial charge >= 0.3 is 6.09 Å². The second-order valence-electron chi connectivity index (χ2n) is 9.56. The minimum absolute atomic E-state index is 0.0529. The second kappa shape index (κ2) is 9.99. The molecule has 0 aliphatic rings. The monoisotopic (exact) mass is 555 g/mol. The van der Waals surface area contributed by atoms with Crippen LogP contribution in [0.4, 0.5) is 10.6 Å². The lowest BCUT2D eigenvalue weighted by molar-refractivity contribution is 0.0285. The Hall–Kier alpha value is -2.91. The maximum Gasteiger partial charge on any atom is 0.410 e. The molecule has 35 heavy (non-hydrogen) atoms. The summed E-state index contributed by atoms with van der Waals surface area (Å²) in [4.78, 5) is 21.1. The van der Waals surface area contributed by atoms with Crippen LogP contribution in [0.1, 0.15) is 50.0 Å². The number of fused-ring (bicyclic) bond motifs is 1. The minimum atomic E-state index is -0.526. The van der Waals surface area contributed by atoms with Gasteiger partial charge in [0.15, 0.2) is 5.82 Å². The van der Waals surface area contributed by atoms with E-state index >= 15 is 0 Å². The highest BCUT2D eigenvalue weighted by atomic mass is 79.9. The van der Waals surface area contributed by atoms with E-state index in [1.807, 2.05) is 56.6 Å². The molecule has 0 aliphatic heterocycles. The van der Waals surface area contributed by atoms with Crippen LogP contribution >= 0.6 is 27.3 Å². The average Bonchev–Trinajstić information content (AvgIpc) is 3.39. The van der Waals surface area contributed by atoms with Gasteiger partial charge in [-0.05, 0) is 79.9 Å². The van der Waals surface area contributed by atoms with E-state index in [2.05, 4.69) is 62.5 Å². The van der Waals surface area contributed by atoms with Gasteiger partial charge in [0, 0.05) is 34.0 Å². The number of nitrogens with one attached hydrogen (secondary N) is 1. The SMILES string of the molecule is Cc1nc(NC(C)c2ccc(-c3ccccc3CN(C)C(=O)OC(C)(C)C)s2)c2cc(Br)cn2n1. The summed E-state index contributed by atoms with van der Waals surface area (Å²) < 4.78 is 8.31. The number of ether oxygens (including phenoxy) is 1. The second-order valence-corrected chi connectivity index (χ2v) is 11.6. The first kappa shape index (κ1) is 25.2. The molecule has 0 fully saturated rings. The number of carbonyl (C=O) groups is 1. The first-order chi connectivity index (χ1) is 16.5. The van der Waals surface area contributed by atoms with Gasteiger partial charge in [-0.3, -0.25) is 0 Å². The van der Waals surface area contributed by atoms with Gasteiger partial charge in [-0.15, -0.1) is 11.3 Å². The van der Waals surface area contributed by atoms with E-state index in [9.17, 15) is 4.79 Å². The number of rotatable bonds is 6. The zero-order valence-electron chi connectivity index (χ0n) is 20.8. The quantitative estimate of drug-likeness (QED) is 0.275. The van der Waals surface area contributed by atoms with Crippen LogP contribution in [-0.4, -0.2) is 38.2 Å². The fourth-order valence-corrected chi connectivity index (χ4v) is 5.23. The molecule has 0 saturated carbocycles. The Labute approximate surface area is 218 Å². The summed E-state index contributed by atoms with van der Waals surface area (Å²) in [5.41, 5.74) is 2.58. The first-order valence-electron chi connectivity index (χ1n) is 11.4. The van der Waals surface area contributed by atoms with Crippen molar-refractivity contribution < 1.29 is 9.53 Å². The summed E-state index contributed by atoms with van der Waals surface area (Å²) in [6.45, 7) is 10.1. The summed E-state index contributed by atoms with van der Waals surface area (Å²) in [7, 11) is 1.76. The zero-order chi connectivity index (χ0) is 25.3. The topological polar surface area (TPSA) is 71.8 Å². The molecule has 1 N–H and O–H groups in total. The highest BCUT2D eigenvalue weighted by Gasteiger charge is 2.21. The predicted molar refractivity (Wildman–Crippen MR) is 145 cm³/mol. The Morgan fingerprint density at radius 1 is 1.26 bits per heavy atom. The Balaban J connectivity index is 1.54. The van der Waals surface area contributed by atoms with Gasteiger partial charge in [0.05, 0.1) is 6.04 Å². The predicted octanol–water partition coefficient (Wildman–Crippen LogP) is 7.07. The summed E-state index contributed by atoms with van der Waals surface area (Å²) in [6.07, 6.45) is 1.59. The maximum absolute atomic E-state index is 12.5. The van der Waals surface area contributed by atoms with Crippen molar-refractivity contribution in [2.75, 3.05) is 12.4 Å². The summed E-state index contributed by atoms with van der Waals surface area (Å²) in [5.74, 6) is 1.50. The number of carbonyl (C=O) groups excluding carboxylic acids is 1. The number of benzene rings is 1. The van der Waals surface area contributed by atoms with Gasteiger partial charge in [-0.25, -0.2) is 14.3 Å². The zero-order valence-corrected chi connectivity index (χ0v) is 23.2. The first-order valence-corrected chi connectivity index (χ1v) is 13.0. The van der Waals surface area contributed by atoms with Crippen molar-refractivity contribution in [2.24, 2.45) is 0 Å². The third-order valence-electron chi connectivity index (χ3n) is 5.34. The number of thiophene rings is 1. The Morgan fingerprint density at radius 3 is 2.74 bits per heavy atom. The average molecular weight is 557 g/mol. The number of amides is 1. The van der Waals surface area contributed by atoms with E-state index in [1.54, 1.807) is 23.3 Å². The molecule has 1 unspecified atom stereocenters. The minimum Gasteiger partial charge on any atom is -0.444 e. The highest BCUT2D eigenvalue weighted by molar-refractivity contribution is 9.10. The van der Waals surface area contributed by atoms with Gasteiger partial charge < -0.3 is 15.0 Å². The van der Waals surface area contributed by atoms with Crippen molar-refractivity contribution in [1.29, 1.82) is 0 Å². The molecule has 0 radical (unpaired) electrons. The van der Waals surface area contributed by atoms with Crippen LogP contribution in [0.25, 0.3) is 16.0 Å². The number of aryl methyl sites for hydroxylation is 1. The molecule has 0 aliphatic carbocycles. The fourth-order valence-electron chi connectivity index (χ4n) is 3.75. The lowest BCUT2D eigenvalue weighted by Crippen LogP contribution is -2.33. The molecule has 9 heteroatoms. The number of halogens is 1. The van der Waals surface area contributed by atoms with E-state index in [0.29, 0.717) is 12.4 Å². The normalized spacial score (nSPS) is 12.5. The molecule has 0 spiro atoms. The van der Waals surface area contributed by atoms with Crippen LogP contribution in [0.15, 0.2) is 53.1 Å². The maximum atomic E-state index is 12.5. The summed E-state index contributed by atoms with van der Waals surface area (Å²) in [5, 5.41) is 8.00. The summed E-state index contributed by atoms with van der Waals surface area (Å²) >= 11 is 5.25. The van der Waals surface area contributed by atoms with Gasteiger partial charge in [0.1, 0.15) is 16.9 Å².